The van der Waals surface area contributed by atoms with Crippen molar-refractivity contribution in [3.8, 4) is 11.4 Å². The molecular weight excluding hydrogens is 375 g/mol. The molecule has 0 radical (unpaired) electrons. The SMILES string of the molecule is O=c1[nH]c2cccc(CNc3ccnc(-c4cncc(C(F)(F)F)c4)n3)c2o1. The lowest BCUT2D eigenvalue weighted by Gasteiger charge is -2.09. The van der Waals surface area contributed by atoms with Gasteiger partial charge in [-0.1, -0.05) is 12.1 Å². The number of aromatic amines is 1. The van der Waals surface area contributed by atoms with Crippen LogP contribution in [0, 0.1) is 0 Å². The Hall–Kier alpha value is -3.69. The van der Waals surface area contributed by atoms with Gasteiger partial charge in [0.15, 0.2) is 11.4 Å². The van der Waals surface area contributed by atoms with E-state index in [1.54, 1.807) is 24.3 Å². The summed E-state index contributed by atoms with van der Waals surface area (Å²) in [5.74, 6) is -0.0453. The maximum absolute atomic E-state index is 12.9. The summed E-state index contributed by atoms with van der Waals surface area (Å²) in [5, 5.41) is 3.05. The van der Waals surface area contributed by atoms with E-state index in [0.717, 1.165) is 17.8 Å². The fraction of sp³-hybridized carbons (Fsp3) is 0.111. The summed E-state index contributed by atoms with van der Waals surface area (Å²) < 4.78 is 43.7. The first-order valence-electron chi connectivity index (χ1n) is 8.10. The molecule has 3 heterocycles. The van der Waals surface area contributed by atoms with Gasteiger partial charge in [0.05, 0.1) is 11.1 Å². The Morgan fingerprint density at radius 1 is 1.18 bits per heavy atom. The maximum Gasteiger partial charge on any atom is 0.417 e. The number of nitrogens with zero attached hydrogens (tertiary/aromatic N) is 3. The number of rotatable bonds is 4. The Morgan fingerprint density at radius 2 is 2.04 bits per heavy atom. The largest absolute Gasteiger partial charge is 0.417 e. The number of alkyl halides is 3. The molecule has 0 bridgehead atoms. The van der Waals surface area contributed by atoms with Crippen LogP contribution in [-0.2, 0) is 12.7 Å². The van der Waals surface area contributed by atoms with Crippen molar-refractivity contribution in [1.82, 2.24) is 19.9 Å². The van der Waals surface area contributed by atoms with Crippen molar-refractivity contribution >= 4 is 16.9 Å². The van der Waals surface area contributed by atoms with Crippen LogP contribution in [0.25, 0.3) is 22.5 Å². The van der Waals surface area contributed by atoms with E-state index >= 15 is 0 Å². The van der Waals surface area contributed by atoms with Gasteiger partial charge in [-0.05, 0) is 18.2 Å². The second-order valence-corrected chi connectivity index (χ2v) is 5.89. The third kappa shape index (κ3) is 3.56. The van der Waals surface area contributed by atoms with E-state index < -0.39 is 17.5 Å². The second kappa shape index (κ2) is 6.80. The van der Waals surface area contributed by atoms with Crippen LogP contribution >= 0.6 is 0 Å². The zero-order valence-corrected chi connectivity index (χ0v) is 14.1. The lowest BCUT2D eigenvalue weighted by atomic mass is 10.2. The Morgan fingerprint density at radius 3 is 2.86 bits per heavy atom. The summed E-state index contributed by atoms with van der Waals surface area (Å²) in [7, 11) is 0. The number of fused-ring (bicyclic) bond motifs is 1. The van der Waals surface area contributed by atoms with Crippen molar-refractivity contribution in [3.05, 3.63) is 70.6 Å². The molecule has 0 saturated heterocycles. The Bertz CT molecular complexity index is 1200. The van der Waals surface area contributed by atoms with Gasteiger partial charge >= 0.3 is 11.9 Å². The fourth-order valence-electron chi connectivity index (χ4n) is 2.67. The van der Waals surface area contributed by atoms with Crippen LogP contribution in [0.4, 0.5) is 19.0 Å². The summed E-state index contributed by atoms with van der Waals surface area (Å²) in [5.41, 5.74) is 0.995. The molecule has 0 spiro atoms. The van der Waals surface area contributed by atoms with Crippen molar-refractivity contribution in [1.29, 1.82) is 0 Å². The lowest BCUT2D eigenvalue weighted by Crippen LogP contribution is -2.06. The van der Waals surface area contributed by atoms with Crippen LogP contribution in [0.2, 0.25) is 0 Å². The minimum absolute atomic E-state index is 0.106. The number of hydrogen-bond donors (Lipinski definition) is 2. The molecule has 28 heavy (non-hydrogen) atoms. The number of hydrogen-bond acceptors (Lipinski definition) is 6. The summed E-state index contributed by atoms with van der Waals surface area (Å²) >= 11 is 0. The zero-order chi connectivity index (χ0) is 19.7. The average Bonchev–Trinajstić information content (AvgIpc) is 3.07. The number of H-pyrrole nitrogens is 1. The van der Waals surface area contributed by atoms with Crippen LogP contribution in [0.5, 0.6) is 0 Å². The minimum Gasteiger partial charge on any atom is -0.407 e. The molecule has 0 saturated carbocycles. The molecule has 1 aromatic carbocycles. The summed E-state index contributed by atoms with van der Waals surface area (Å²) in [6.45, 7) is 0.287. The van der Waals surface area contributed by atoms with Crippen molar-refractivity contribution in [2.24, 2.45) is 0 Å². The Kier molecular flexibility index (Phi) is 4.30. The quantitative estimate of drug-likeness (QED) is 0.555. The summed E-state index contributed by atoms with van der Waals surface area (Å²) in [4.78, 5) is 25.8. The van der Waals surface area contributed by atoms with E-state index in [2.05, 4.69) is 25.3 Å². The maximum atomic E-state index is 12.9. The predicted molar refractivity (Wildman–Crippen MR) is 94.4 cm³/mol. The number of halogens is 3. The molecule has 7 nitrogen and oxygen atoms in total. The van der Waals surface area contributed by atoms with E-state index in [9.17, 15) is 18.0 Å². The predicted octanol–water partition coefficient (Wildman–Crippen LogP) is 3.60. The molecule has 0 atom stereocenters. The number of oxazole rings is 1. The monoisotopic (exact) mass is 387 g/mol. The lowest BCUT2D eigenvalue weighted by molar-refractivity contribution is -0.137. The molecule has 0 aliphatic heterocycles. The van der Waals surface area contributed by atoms with Gasteiger partial charge in [0, 0.05) is 36.3 Å². The van der Waals surface area contributed by atoms with Gasteiger partial charge in [-0.2, -0.15) is 13.2 Å². The van der Waals surface area contributed by atoms with Gasteiger partial charge in [0.1, 0.15) is 5.82 Å². The normalized spacial score (nSPS) is 11.7. The van der Waals surface area contributed by atoms with Gasteiger partial charge in [-0.25, -0.2) is 14.8 Å². The molecule has 0 fully saturated rings. The molecular formula is C18H12F3N5O2. The van der Waals surface area contributed by atoms with Crippen LogP contribution < -0.4 is 11.1 Å². The Labute approximate surface area is 155 Å². The number of nitrogens with one attached hydrogen (secondary N) is 2. The van der Waals surface area contributed by atoms with Crippen LogP contribution in [0.15, 0.2) is 58.1 Å². The smallest absolute Gasteiger partial charge is 0.407 e. The molecule has 0 aliphatic carbocycles. The first kappa shape index (κ1) is 17.7. The van der Waals surface area contributed by atoms with E-state index in [4.69, 9.17) is 4.42 Å². The first-order chi connectivity index (χ1) is 13.4. The zero-order valence-electron chi connectivity index (χ0n) is 14.1. The Balaban J connectivity index is 1.58. The number of aromatic nitrogens is 4. The molecule has 10 heteroatoms. The van der Waals surface area contributed by atoms with Crippen molar-refractivity contribution in [2.45, 2.75) is 12.7 Å². The van der Waals surface area contributed by atoms with Crippen molar-refractivity contribution in [3.63, 3.8) is 0 Å². The number of para-hydroxylation sites is 1. The second-order valence-electron chi connectivity index (χ2n) is 5.89. The molecule has 2 N–H and O–H groups in total. The highest BCUT2D eigenvalue weighted by Gasteiger charge is 2.31. The highest BCUT2D eigenvalue weighted by atomic mass is 19.4. The molecule has 4 aromatic rings. The molecule has 3 aromatic heterocycles. The van der Waals surface area contributed by atoms with E-state index in [0.29, 0.717) is 16.9 Å². The van der Waals surface area contributed by atoms with Crippen molar-refractivity contribution in [2.75, 3.05) is 5.32 Å². The summed E-state index contributed by atoms with van der Waals surface area (Å²) in [6.07, 6.45) is -1.06. The van der Waals surface area contributed by atoms with Gasteiger partial charge in [-0.3, -0.25) is 9.97 Å². The standard InChI is InChI=1S/C18H12F3N5O2/c19-18(20,21)12-6-11(7-22-9-12)16-23-5-4-14(26-16)24-8-10-2-1-3-13-15(10)28-17(27)25-13/h1-7,9H,8H2,(H,25,27)(H,23,24,26). The van der Waals surface area contributed by atoms with Gasteiger partial charge in [-0.15, -0.1) is 0 Å². The molecule has 4 rings (SSSR count). The van der Waals surface area contributed by atoms with Gasteiger partial charge in [0.25, 0.3) is 0 Å². The molecule has 0 unspecified atom stereocenters. The number of anilines is 1. The number of pyridine rings is 1. The molecule has 0 aliphatic rings. The first-order valence-corrected chi connectivity index (χ1v) is 8.10. The molecule has 0 amide bonds. The fourth-order valence-corrected chi connectivity index (χ4v) is 2.67. The van der Waals surface area contributed by atoms with Crippen LogP contribution in [0.3, 0.4) is 0 Å². The summed E-state index contributed by atoms with van der Waals surface area (Å²) in [6, 6.07) is 7.79. The van der Waals surface area contributed by atoms with Crippen LogP contribution in [-0.4, -0.2) is 19.9 Å². The third-order valence-electron chi connectivity index (χ3n) is 3.97. The van der Waals surface area contributed by atoms with E-state index in [1.165, 1.54) is 12.4 Å². The van der Waals surface area contributed by atoms with E-state index in [-0.39, 0.29) is 17.9 Å². The van der Waals surface area contributed by atoms with Gasteiger partial charge < -0.3 is 9.73 Å². The average molecular weight is 387 g/mol. The third-order valence-corrected chi connectivity index (χ3v) is 3.97. The number of benzene rings is 1. The topological polar surface area (TPSA) is 96.7 Å². The minimum atomic E-state index is -4.50. The molecule has 142 valence electrons. The van der Waals surface area contributed by atoms with E-state index in [1.807, 2.05) is 0 Å². The van der Waals surface area contributed by atoms with Crippen molar-refractivity contribution < 1.29 is 17.6 Å². The highest BCUT2D eigenvalue weighted by molar-refractivity contribution is 5.76. The van der Waals surface area contributed by atoms with Crippen LogP contribution in [0.1, 0.15) is 11.1 Å². The highest BCUT2D eigenvalue weighted by Crippen LogP contribution is 2.30. The van der Waals surface area contributed by atoms with Gasteiger partial charge in [0.2, 0.25) is 0 Å².